The number of hydrogen-bond donors (Lipinski definition) is 1. The Bertz CT molecular complexity index is 931. The largest absolute Gasteiger partial charge is 0.329 e. The Labute approximate surface area is 210 Å². The lowest BCUT2D eigenvalue weighted by atomic mass is 10.1. The summed E-state index contributed by atoms with van der Waals surface area (Å²) >= 11 is 1.73. The Balaban J connectivity index is 1.85. The van der Waals surface area contributed by atoms with Crippen LogP contribution in [0, 0.1) is 0 Å². The number of H-pyrrole nitrogens is 1. The molecule has 0 radical (unpaired) electrons. The maximum absolute atomic E-state index is 12.6. The molecular formula is C27H48N4O2S. The first kappa shape index (κ1) is 28.7. The number of rotatable bonds is 20. The topological polar surface area (TPSA) is 72.7 Å². The number of aromatic nitrogens is 4. The van der Waals surface area contributed by atoms with E-state index in [0.29, 0.717) is 11.2 Å². The normalized spacial score (nSPS) is 11.6. The number of aromatic amines is 1. The fourth-order valence-corrected chi connectivity index (χ4v) is 5.53. The summed E-state index contributed by atoms with van der Waals surface area (Å²) in [5.74, 6) is 1.00. The van der Waals surface area contributed by atoms with Crippen LogP contribution in [0.15, 0.2) is 14.7 Å². The monoisotopic (exact) mass is 492 g/mol. The first-order valence-electron chi connectivity index (χ1n) is 13.9. The van der Waals surface area contributed by atoms with E-state index >= 15 is 0 Å². The second-order valence-corrected chi connectivity index (χ2v) is 10.8. The molecule has 0 unspecified atom stereocenters. The van der Waals surface area contributed by atoms with Gasteiger partial charge in [0.25, 0.3) is 5.56 Å². The van der Waals surface area contributed by atoms with E-state index in [-0.39, 0.29) is 5.56 Å². The average Bonchev–Trinajstić information content (AvgIpc) is 3.19. The Morgan fingerprint density at radius 1 is 0.735 bits per heavy atom. The standard InChI is InChI=1S/C27H48N4O2S/c1-4-6-8-10-12-13-14-16-18-20-22-34-27-28-24-23(25(32)29-26(33)30(24)3)31(27)21-19-17-15-11-9-7-5-2/h4-22H2,1-3H3,(H,29,32,33). The fourth-order valence-electron chi connectivity index (χ4n) is 4.51. The minimum absolute atomic E-state index is 0.320. The van der Waals surface area contributed by atoms with Crippen LogP contribution < -0.4 is 11.2 Å². The number of aryl methyl sites for hydroxylation is 2. The number of nitrogens with zero attached hydrogens (tertiary/aromatic N) is 3. The number of hydrogen-bond acceptors (Lipinski definition) is 4. The molecule has 7 heteroatoms. The third kappa shape index (κ3) is 9.63. The van der Waals surface area contributed by atoms with Gasteiger partial charge in [-0.05, 0) is 12.8 Å². The Kier molecular flexibility index (Phi) is 14.4. The first-order valence-corrected chi connectivity index (χ1v) is 14.9. The summed E-state index contributed by atoms with van der Waals surface area (Å²) in [5, 5.41) is 0.878. The third-order valence-electron chi connectivity index (χ3n) is 6.69. The Morgan fingerprint density at radius 3 is 1.79 bits per heavy atom. The predicted octanol–water partition coefficient (Wildman–Crippen LogP) is 7.19. The molecule has 0 aromatic carbocycles. The second kappa shape index (κ2) is 17.0. The molecule has 0 aliphatic carbocycles. The van der Waals surface area contributed by atoms with Crippen LogP contribution in [0.5, 0.6) is 0 Å². The highest BCUT2D eigenvalue weighted by molar-refractivity contribution is 7.99. The molecule has 6 nitrogen and oxygen atoms in total. The van der Waals surface area contributed by atoms with Crippen molar-refractivity contribution >= 4 is 22.9 Å². The lowest BCUT2D eigenvalue weighted by molar-refractivity contribution is 0.538. The van der Waals surface area contributed by atoms with Gasteiger partial charge in [-0.25, -0.2) is 9.78 Å². The van der Waals surface area contributed by atoms with E-state index in [1.165, 1.54) is 94.5 Å². The molecule has 0 aliphatic heterocycles. The zero-order valence-corrected chi connectivity index (χ0v) is 22.8. The van der Waals surface area contributed by atoms with Crippen molar-refractivity contribution < 1.29 is 0 Å². The van der Waals surface area contributed by atoms with Crippen molar-refractivity contribution in [2.75, 3.05) is 5.75 Å². The summed E-state index contributed by atoms with van der Waals surface area (Å²) < 4.78 is 3.52. The Hall–Kier alpha value is -1.50. The van der Waals surface area contributed by atoms with Crippen LogP contribution in [0.3, 0.4) is 0 Å². The maximum Gasteiger partial charge on any atom is 0.329 e. The van der Waals surface area contributed by atoms with Crippen LogP contribution in [-0.4, -0.2) is 24.9 Å². The van der Waals surface area contributed by atoms with E-state index in [1.54, 1.807) is 18.8 Å². The van der Waals surface area contributed by atoms with Crippen LogP contribution in [0.25, 0.3) is 11.2 Å². The average molecular weight is 493 g/mol. The van der Waals surface area contributed by atoms with E-state index < -0.39 is 5.69 Å². The number of imidazole rings is 1. The SMILES string of the molecule is CCCCCCCCCCCCSc1nc2c(c(=O)[nH]c(=O)n2C)n1CCCCCCCCC. The molecule has 2 heterocycles. The number of fused-ring (bicyclic) bond motifs is 1. The number of nitrogens with one attached hydrogen (secondary N) is 1. The molecule has 0 saturated heterocycles. The van der Waals surface area contributed by atoms with Gasteiger partial charge in [-0.2, -0.15) is 0 Å². The van der Waals surface area contributed by atoms with Crippen LogP contribution in [0.1, 0.15) is 123 Å². The minimum Gasteiger partial charge on any atom is -0.313 e. The molecule has 2 aromatic heterocycles. The second-order valence-electron chi connectivity index (χ2n) is 9.69. The first-order chi connectivity index (χ1) is 16.6. The van der Waals surface area contributed by atoms with Gasteiger partial charge < -0.3 is 4.57 Å². The quantitative estimate of drug-likeness (QED) is 0.157. The van der Waals surface area contributed by atoms with Gasteiger partial charge in [-0.3, -0.25) is 14.3 Å². The molecule has 1 N–H and O–H groups in total. The highest BCUT2D eigenvalue weighted by atomic mass is 32.2. The minimum atomic E-state index is -0.399. The van der Waals surface area contributed by atoms with Gasteiger partial charge in [0, 0.05) is 19.3 Å². The zero-order valence-electron chi connectivity index (χ0n) is 22.0. The van der Waals surface area contributed by atoms with Crippen LogP contribution in [0.2, 0.25) is 0 Å². The summed E-state index contributed by atoms with van der Waals surface area (Å²) in [7, 11) is 1.68. The van der Waals surface area contributed by atoms with Crippen molar-refractivity contribution in [3.63, 3.8) is 0 Å². The van der Waals surface area contributed by atoms with E-state index in [9.17, 15) is 9.59 Å². The predicted molar refractivity (Wildman–Crippen MR) is 146 cm³/mol. The smallest absolute Gasteiger partial charge is 0.313 e. The van der Waals surface area contributed by atoms with Gasteiger partial charge in [0.2, 0.25) is 0 Å². The van der Waals surface area contributed by atoms with Crippen molar-refractivity contribution in [3.8, 4) is 0 Å². The Morgan fingerprint density at radius 2 is 1.24 bits per heavy atom. The van der Waals surface area contributed by atoms with E-state index in [2.05, 4.69) is 23.4 Å². The molecule has 0 atom stereocenters. The highest BCUT2D eigenvalue weighted by Crippen LogP contribution is 2.24. The summed E-state index contributed by atoms with van der Waals surface area (Å²) in [4.78, 5) is 31.9. The lowest BCUT2D eigenvalue weighted by Gasteiger charge is -2.09. The molecule has 2 aromatic rings. The summed E-state index contributed by atoms with van der Waals surface area (Å²) in [5.41, 5.74) is 0.324. The summed E-state index contributed by atoms with van der Waals surface area (Å²) in [6.07, 6.45) is 21.9. The molecule has 0 spiro atoms. The van der Waals surface area contributed by atoms with Crippen LogP contribution >= 0.6 is 11.8 Å². The van der Waals surface area contributed by atoms with Gasteiger partial charge in [0.1, 0.15) is 0 Å². The summed E-state index contributed by atoms with van der Waals surface area (Å²) in [6, 6.07) is 0. The zero-order chi connectivity index (χ0) is 24.6. The summed E-state index contributed by atoms with van der Waals surface area (Å²) in [6.45, 7) is 5.29. The molecule has 0 saturated carbocycles. The van der Waals surface area contributed by atoms with Gasteiger partial charge in [0.05, 0.1) is 0 Å². The fraction of sp³-hybridized carbons (Fsp3) is 0.815. The van der Waals surface area contributed by atoms with Crippen molar-refractivity contribution in [2.24, 2.45) is 7.05 Å². The number of unbranched alkanes of at least 4 members (excludes halogenated alkanes) is 15. The maximum atomic E-state index is 12.6. The molecular weight excluding hydrogens is 444 g/mol. The molecule has 0 aliphatic rings. The van der Waals surface area contributed by atoms with Gasteiger partial charge in [0.15, 0.2) is 16.3 Å². The molecule has 34 heavy (non-hydrogen) atoms. The number of thioether (sulfide) groups is 1. The van der Waals surface area contributed by atoms with Crippen LogP contribution in [-0.2, 0) is 13.6 Å². The van der Waals surface area contributed by atoms with Crippen LogP contribution in [0.4, 0.5) is 0 Å². The van der Waals surface area contributed by atoms with Crippen molar-refractivity contribution in [1.82, 2.24) is 19.1 Å². The molecule has 0 fully saturated rings. The molecule has 2 rings (SSSR count). The molecule has 194 valence electrons. The van der Waals surface area contributed by atoms with E-state index in [1.807, 2.05) is 0 Å². The van der Waals surface area contributed by atoms with E-state index in [4.69, 9.17) is 4.98 Å². The lowest BCUT2D eigenvalue weighted by Crippen LogP contribution is -2.29. The molecule has 0 amide bonds. The molecule has 0 bridgehead atoms. The van der Waals surface area contributed by atoms with Gasteiger partial charge in [-0.1, -0.05) is 122 Å². The van der Waals surface area contributed by atoms with Crippen molar-refractivity contribution in [2.45, 2.75) is 135 Å². The van der Waals surface area contributed by atoms with Gasteiger partial charge in [-0.15, -0.1) is 0 Å². The van der Waals surface area contributed by atoms with Gasteiger partial charge >= 0.3 is 5.69 Å². The third-order valence-corrected chi connectivity index (χ3v) is 7.75. The highest BCUT2D eigenvalue weighted by Gasteiger charge is 2.17. The van der Waals surface area contributed by atoms with Crippen molar-refractivity contribution in [1.29, 1.82) is 0 Å². The van der Waals surface area contributed by atoms with E-state index in [0.717, 1.165) is 36.7 Å². The van der Waals surface area contributed by atoms with Crippen molar-refractivity contribution in [3.05, 3.63) is 20.8 Å².